The number of hydrogen-bond donors (Lipinski definition) is 1. The monoisotopic (exact) mass is 721 g/mol. The molecule has 0 aliphatic heterocycles. The topological polar surface area (TPSA) is 96.0 Å². The summed E-state index contributed by atoms with van der Waals surface area (Å²) >= 11 is 13.0. The SMILES string of the molecule is COc1ccc(Cl)cc1N(CC(=O)N(Cc1ccccc1Cl)C(Cc1ccccc1)C(=O)NC1CCCCC1)S(=O)(=O)c1ccc(C)cc1. The van der Waals surface area contributed by atoms with Crippen molar-refractivity contribution in [1.82, 2.24) is 10.2 Å². The largest absolute Gasteiger partial charge is 0.495 e. The van der Waals surface area contributed by atoms with Crippen molar-refractivity contribution < 1.29 is 22.7 Å². The van der Waals surface area contributed by atoms with Gasteiger partial charge in [0.2, 0.25) is 11.8 Å². The van der Waals surface area contributed by atoms with Crippen LogP contribution in [0.25, 0.3) is 0 Å². The van der Waals surface area contributed by atoms with E-state index in [1.165, 1.54) is 30.2 Å². The molecule has 0 spiro atoms. The predicted octanol–water partition coefficient (Wildman–Crippen LogP) is 7.59. The molecule has 8 nitrogen and oxygen atoms in total. The summed E-state index contributed by atoms with van der Waals surface area (Å²) in [6.07, 6.45) is 5.09. The Kier molecular flexibility index (Phi) is 12.3. The third kappa shape index (κ3) is 9.15. The number of aryl methyl sites for hydroxylation is 1. The number of nitrogens with zero attached hydrogens (tertiary/aromatic N) is 2. The molecule has 4 aromatic rings. The van der Waals surface area contributed by atoms with E-state index in [9.17, 15) is 18.0 Å². The molecule has 0 bridgehead atoms. The Morgan fingerprint density at radius 1 is 0.898 bits per heavy atom. The molecule has 1 N–H and O–H groups in total. The number of benzene rings is 4. The molecule has 5 rings (SSSR count). The molecule has 0 aromatic heterocycles. The van der Waals surface area contributed by atoms with Gasteiger partial charge in [0.1, 0.15) is 18.3 Å². The van der Waals surface area contributed by atoms with E-state index in [-0.39, 0.29) is 46.3 Å². The van der Waals surface area contributed by atoms with Gasteiger partial charge in [0.05, 0.1) is 17.7 Å². The predicted molar refractivity (Wildman–Crippen MR) is 195 cm³/mol. The van der Waals surface area contributed by atoms with Gasteiger partial charge >= 0.3 is 0 Å². The van der Waals surface area contributed by atoms with Gasteiger partial charge in [-0.05, 0) is 67.3 Å². The van der Waals surface area contributed by atoms with Crippen LogP contribution in [-0.4, -0.2) is 50.9 Å². The Morgan fingerprint density at radius 3 is 2.24 bits per heavy atom. The van der Waals surface area contributed by atoms with Crippen molar-refractivity contribution >= 4 is 50.7 Å². The van der Waals surface area contributed by atoms with Crippen LogP contribution in [0.1, 0.15) is 48.8 Å². The van der Waals surface area contributed by atoms with Crippen molar-refractivity contribution in [2.45, 2.75) is 69.0 Å². The molecule has 1 aliphatic carbocycles. The first-order valence-electron chi connectivity index (χ1n) is 16.4. The lowest BCUT2D eigenvalue weighted by atomic mass is 9.94. The summed E-state index contributed by atoms with van der Waals surface area (Å²) in [5, 5.41) is 3.89. The fourth-order valence-corrected chi connectivity index (χ4v) is 7.90. The van der Waals surface area contributed by atoms with E-state index < -0.39 is 28.5 Å². The van der Waals surface area contributed by atoms with Crippen molar-refractivity contribution in [2.75, 3.05) is 18.0 Å². The van der Waals surface area contributed by atoms with Crippen LogP contribution in [0, 0.1) is 6.92 Å². The summed E-state index contributed by atoms with van der Waals surface area (Å²) in [4.78, 5) is 30.5. The lowest BCUT2D eigenvalue weighted by Crippen LogP contribution is -2.55. The van der Waals surface area contributed by atoms with E-state index in [2.05, 4.69) is 5.32 Å². The van der Waals surface area contributed by atoms with Crippen LogP contribution in [0.5, 0.6) is 5.75 Å². The molecule has 1 fully saturated rings. The van der Waals surface area contributed by atoms with Gasteiger partial charge in [0.15, 0.2) is 0 Å². The van der Waals surface area contributed by atoms with Crippen LogP contribution in [-0.2, 0) is 32.6 Å². The van der Waals surface area contributed by atoms with E-state index in [4.69, 9.17) is 27.9 Å². The van der Waals surface area contributed by atoms with Gasteiger partial charge in [0, 0.05) is 29.1 Å². The van der Waals surface area contributed by atoms with Crippen LogP contribution in [0.2, 0.25) is 10.0 Å². The smallest absolute Gasteiger partial charge is 0.264 e. The molecule has 1 atom stereocenters. The average Bonchev–Trinajstić information content (AvgIpc) is 3.10. The molecule has 1 aliphatic rings. The molecule has 4 aromatic carbocycles. The molecule has 11 heteroatoms. The average molecular weight is 723 g/mol. The molecule has 258 valence electrons. The Bertz CT molecular complexity index is 1850. The van der Waals surface area contributed by atoms with Crippen molar-refractivity contribution in [3.63, 3.8) is 0 Å². The Morgan fingerprint density at radius 2 is 1.57 bits per heavy atom. The third-order valence-electron chi connectivity index (χ3n) is 8.82. The van der Waals surface area contributed by atoms with E-state index in [1.54, 1.807) is 42.5 Å². The first-order valence-corrected chi connectivity index (χ1v) is 18.6. The lowest BCUT2D eigenvalue weighted by molar-refractivity contribution is -0.140. The maximum atomic E-state index is 14.8. The fraction of sp³-hybridized carbons (Fsp3) is 0.316. The number of ether oxygens (including phenoxy) is 1. The number of carbonyl (C=O) groups is 2. The first-order chi connectivity index (χ1) is 23.6. The van der Waals surface area contributed by atoms with Crippen molar-refractivity contribution in [1.29, 1.82) is 0 Å². The minimum atomic E-state index is -4.34. The first kappa shape index (κ1) is 36.2. The molecular weight excluding hydrogens is 681 g/mol. The summed E-state index contributed by atoms with van der Waals surface area (Å²) in [7, 11) is -2.92. The van der Waals surface area contributed by atoms with E-state index in [0.717, 1.165) is 47.5 Å². The van der Waals surface area contributed by atoms with Gasteiger partial charge in [-0.1, -0.05) is 109 Å². The van der Waals surface area contributed by atoms with E-state index >= 15 is 0 Å². The summed E-state index contributed by atoms with van der Waals surface area (Å²) in [6, 6.07) is 26.6. The number of nitrogens with one attached hydrogen (secondary N) is 1. The van der Waals surface area contributed by atoms with Gasteiger partial charge in [-0.3, -0.25) is 13.9 Å². The van der Waals surface area contributed by atoms with Gasteiger partial charge in [0.25, 0.3) is 10.0 Å². The highest BCUT2D eigenvalue weighted by Gasteiger charge is 2.36. The van der Waals surface area contributed by atoms with Crippen LogP contribution in [0.3, 0.4) is 0 Å². The van der Waals surface area contributed by atoms with Crippen LogP contribution >= 0.6 is 23.2 Å². The van der Waals surface area contributed by atoms with Crippen LogP contribution in [0.15, 0.2) is 102 Å². The van der Waals surface area contributed by atoms with Crippen molar-refractivity contribution in [2.24, 2.45) is 0 Å². The number of sulfonamides is 1. The summed E-state index contributed by atoms with van der Waals surface area (Å²) < 4.78 is 35.4. The molecule has 0 heterocycles. The van der Waals surface area contributed by atoms with Gasteiger partial charge < -0.3 is 15.0 Å². The maximum Gasteiger partial charge on any atom is 0.264 e. The number of amides is 2. The molecule has 2 amide bonds. The maximum absolute atomic E-state index is 14.8. The Hall–Kier alpha value is -4.05. The normalized spacial score (nSPS) is 14.1. The molecular formula is C38H41Cl2N3O5S. The number of hydrogen-bond acceptors (Lipinski definition) is 5. The zero-order valence-electron chi connectivity index (χ0n) is 27.6. The quantitative estimate of drug-likeness (QED) is 0.154. The Balaban J connectivity index is 1.61. The second-order valence-corrected chi connectivity index (χ2v) is 15.0. The number of rotatable bonds is 13. The highest BCUT2D eigenvalue weighted by molar-refractivity contribution is 7.92. The van der Waals surface area contributed by atoms with E-state index in [1.807, 2.05) is 43.3 Å². The molecule has 1 unspecified atom stereocenters. The van der Waals surface area contributed by atoms with Gasteiger partial charge in [-0.2, -0.15) is 0 Å². The lowest BCUT2D eigenvalue weighted by Gasteiger charge is -2.35. The zero-order valence-corrected chi connectivity index (χ0v) is 30.0. The fourth-order valence-electron chi connectivity index (χ4n) is 6.12. The molecule has 0 saturated heterocycles. The standard InChI is InChI=1S/C38H41Cl2N3O5S/c1-27-17-20-32(21-18-27)49(46,47)43(34-24-30(39)19-22-36(34)48-2)26-37(44)42(25-29-13-9-10-16-33(29)40)35(23-28-11-5-3-6-12-28)38(45)41-31-14-7-4-8-15-31/h3,5-6,9-13,16-22,24,31,35H,4,7-8,14-15,23,25-26H2,1-2H3,(H,41,45). The minimum absolute atomic E-state index is 0.00840. The molecule has 0 radical (unpaired) electrons. The minimum Gasteiger partial charge on any atom is -0.495 e. The summed E-state index contributed by atoms with van der Waals surface area (Å²) in [6.45, 7) is 1.19. The number of anilines is 1. The summed E-state index contributed by atoms with van der Waals surface area (Å²) in [5.74, 6) is -0.691. The molecule has 1 saturated carbocycles. The molecule has 49 heavy (non-hydrogen) atoms. The van der Waals surface area contributed by atoms with Crippen molar-refractivity contribution in [3.8, 4) is 5.75 Å². The van der Waals surface area contributed by atoms with Crippen LogP contribution in [0.4, 0.5) is 5.69 Å². The second-order valence-electron chi connectivity index (χ2n) is 12.3. The number of carbonyl (C=O) groups excluding carboxylic acids is 2. The highest BCUT2D eigenvalue weighted by Crippen LogP contribution is 2.35. The third-order valence-corrected chi connectivity index (χ3v) is 11.2. The summed E-state index contributed by atoms with van der Waals surface area (Å²) in [5.41, 5.74) is 2.44. The highest BCUT2D eigenvalue weighted by atomic mass is 35.5. The Labute approximate surface area is 299 Å². The zero-order chi connectivity index (χ0) is 35.0. The van der Waals surface area contributed by atoms with Crippen LogP contribution < -0.4 is 14.4 Å². The van der Waals surface area contributed by atoms with Gasteiger partial charge in [-0.25, -0.2) is 8.42 Å². The van der Waals surface area contributed by atoms with Crippen molar-refractivity contribution in [3.05, 3.63) is 124 Å². The number of halogens is 2. The number of methoxy groups -OCH3 is 1. The second kappa shape index (κ2) is 16.6. The van der Waals surface area contributed by atoms with E-state index in [0.29, 0.717) is 10.6 Å². The van der Waals surface area contributed by atoms with Gasteiger partial charge in [-0.15, -0.1) is 0 Å².